The van der Waals surface area contributed by atoms with E-state index in [4.69, 9.17) is 9.47 Å². The number of benzene rings is 1. The molecule has 0 aliphatic carbocycles. The molecule has 2 aliphatic heterocycles. The van der Waals surface area contributed by atoms with Gasteiger partial charge in [0.2, 0.25) is 0 Å². The van der Waals surface area contributed by atoms with Gasteiger partial charge in [0.1, 0.15) is 5.82 Å². The molecule has 4 rings (SSSR count). The highest BCUT2D eigenvalue weighted by Gasteiger charge is 2.33. The van der Waals surface area contributed by atoms with Crippen LogP contribution in [0.1, 0.15) is 55.7 Å². The van der Waals surface area contributed by atoms with Crippen LogP contribution in [0.5, 0.6) is 11.5 Å². The molecule has 30 heavy (non-hydrogen) atoms. The van der Waals surface area contributed by atoms with Crippen molar-refractivity contribution in [1.82, 2.24) is 9.78 Å². The predicted molar refractivity (Wildman–Crippen MR) is 113 cm³/mol. The quantitative estimate of drug-likeness (QED) is 0.799. The highest BCUT2D eigenvalue weighted by molar-refractivity contribution is 7.91. The monoisotopic (exact) mass is 433 g/mol. The first-order valence-electron chi connectivity index (χ1n) is 10.1. The molecule has 0 unspecified atom stereocenters. The summed E-state index contributed by atoms with van der Waals surface area (Å²) >= 11 is 0. The maximum atomic E-state index is 13.0. The standard InChI is InChI=1S/C21H27N3O5S/c1-21(2,3)18-12-19(24(23-18)15-7-10-30(26,27)13-15)22-20(25)14-5-6-16-17(11-14)29-9-4-8-28-16/h5-6,11-12,15H,4,7-10,13H2,1-3H3,(H,22,25)/t15-/m0/s1. The minimum Gasteiger partial charge on any atom is -0.490 e. The smallest absolute Gasteiger partial charge is 0.256 e. The van der Waals surface area contributed by atoms with E-state index < -0.39 is 9.84 Å². The molecule has 2 aromatic rings. The number of ether oxygens (including phenoxy) is 2. The Labute approximate surface area is 176 Å². The van der Waals surface area contributed by atoms with Crippen molar-refractivity contribution in [3.63, 3.8) is 0 Å². The van der Waals surface area contributed by atoms with Crippen molar-refractivity contribution in [1.29, 1.82) is 0 Å². The lowest BCUT2D eigenvalue weighted by Gasteiger charge is -2.16. The summed E-state index contributed by atoms with van der Waals surface area (Å²) in [6.45, 7) is 7.20. The van der Waals surface area contributed by atoms with Gasteiger partial charge in [-0.25, -0.2) is 13.1 Å². The molecule has 9 heteroatoms. The van der Waals surface area contributed by atoms with Crippen LogP contribution >= 0.6 is 0 Å². The summed E-state index contributed by atoms with van der Waals surface area (Å²) in [6.07, 6.45) is 1.27. The highest BCUT2D eigenvalue weighted by atomic mass is 32.2. The number of fused-ring (bicyclic) bond motifs is 1. The number of nitrogens with one attached hydrogen (secondary N) is 1. The number of anilines is 1. The van der Waals surface area contributed by atoms with E-state index in [9.17, 15) is 13.2 Å². The highest BCUT2D eigenvalue weighted by Crippen LogP contribution is 2.33. The average molecular weight is 434 g/mol. The maximum absolute atomic E-state index is 13.0. The molecule has 1 N–H and O–H groups in total. The summed E-state index contributed by atoms with van der Waals surface area (Å²) in [5.41, 5.74) is 0.987. The Kier molecular flexibility index (Phi) is 5.25. The number of amides is 1. The summed E-state index contributed by atoms with van der Waals surface area (Å²) in [6, 6.07) is 6.63. The Morgan fingerprint density at radius 2 is 1.90 bits per heavy atom. The zero-order valence-electron chi connectivity index (χ0n) is 17.5. The van der Waals surface area contributed by atoms with Crippen LogP contribution in [0.15, 0.2) is 24.3 Å². The molecule has 1 amide bonds. The SMILES string of the molecule is CC(C)(C)c1cc(NC(=O)c2ccc3c(c2)OCCCO3)n([C@H]2CCS(=O)(=O)C2)n1. The van der Waals surface area contributed by atoms with E-state index in [0.29, 0.717) is 42.5 Å². The molecule has 1 saturated heterocycles. The summed E-state index contributed by atoms with van der Waals surface area (Å²) < 4.78 is 36.9. The molecule has 1 aromatic carbocycles. The second kappa shape index (κ2) is 7.61. The first-order chi connectivity index (χ1) is 14.1. The summed E-state index contributed by atoms with van der Waals surface area (Å²) in [5, 5.41) is 7.57. The third kappa shape index (κ3) is 4.30. The van der Waals surface area contributed by atoms with E-state index in [1.165, 1.54) is 0 Å². The predicted octanol–water partition coefficient (Wildman–Crippen LogP) is 2.95. The lowest BCUT2D eigenvalue weighted by molar-refractivity contribution is 0.102. The molecule has 1 atom stereocenters. The minimum absolute atomic E-state index is 0.0329. The van der Waals surface area contributed by atoms with E-state index in [1.807, 2.05) is 26.8 Å². The van der Waals surface area contributed by atoms with Gasteiger partial charge < -0.3 is 14.8 Å². The molecule has 0 spiro atoms. The van der Waals surface area contributed by atoms with Crippen molar-refractivity contribution < 1.29 is 22.7 Å². The first kappa shape index (κ1) is 20.7. The van der Waals surface area contributed by atoms with E-state index >= 15 is 0 Å². The molecule has 0 radical (unpaired) electrons. The number of carbonyl (C=O) groups is 1. The van der Waals surface area contributed by atoms with Gasteiger partial charge in [0.05, 0.1) is 36.5 Å². The number of hydrogen-bond acceptors (Lipinski definition) is 6. The summed E-state index contributed by atoms with van der Waals surface area (Å²) in [4.78, 5) is 13.0. The van der Waals surface area contributed by atoms with Crippen molar-refractivity contribution in [3.05, 3.63) is 35.5 Å². The van der Waals surface area contributed by atoms with E-state index in [1.54, 1.807) is 22.9 Å². The molecule has 3 heterocycles. The van der Waals surface area contributed by atoms with Crippen LogP contribution in [0, 0.1) is 0 Å². The zero-order chi connectivity index (χ0) is 21.5. The molecular formula is C21H27N3O5S. The number of rotatable bonds is 3. The minimum atomic E-state index is -3.08. The maximum Gasteiger partial charge on any atom is 0.256 e. The Hall–Kier alpha value is -2.55. The van der Waals surface area contributed by atoms with E-state index in [2.05, 4.69) is 10.4 Å². The molecule has 0 saturated carbocycles. The van der Waals surface area contributed by atoms with Crippen LogP contribution in [0.25, 0.3) is 0 Å². The number of nitrogens with zero attached hydrogens (tertiary/aromatic N) is 2. The third-order valence-corrected chi connectivity index (χ3v) is 7.06. The van der Waals surface area contributed by atoms with E-state index in [0.717, 1.165) is 12.1 Å². The first-order valence-corrected chi connectivity index (χ1v) is 12.0. The van der Waals surface area contributed by atoms with Gasteiger partial charge in [-0.2, -0.15) is 5.10 Å². The van der Waals surface area contributed by atoms with Gasteiger partial charge in [0.15, 0.2) is 21.3 Å². The van der Waals surface area contributed by atoms with Crippen LogP contribution in [-0.4, -0.2) is 48.8 Å². The Bertz CT molecular complexity index is 1070. The summed E-state index contributed by atoms with van der Waals surface area (Å²) in [7, 11) is -3.08. The Balaban J connectivity index is 1.63. The fourth-order valence-electron chi connectivity index (χ4n) is 3.59. The fourth-order valence-corrected chi connectivity index (χ4v) is 5.29. The molecule has 8 nitrogen and oxygen atoms in total. The Morgan fingerprint density at radius 3 is 2.57 bits per heavy atom. The van der Waals surface area contributed by atoms with Crippen molar-refractivity contribution in [2.24, 2.45) is 0 Å². The van der Waals surface area contributed by atoms with Crippen LogP contribution in [-0.2, 0) is 15.3 Å². The van der Waals surface area contributed by atoms with Crippen molar-refractivity contribution in [2.75, 3.05) is 30.0 Å². The number of hydrogen-bond donors (Lipinski definition) is 1. The average Bonchev–Trinajstić information content (AvgIpc) is 3.16. The van der Waals surface area contributed by atoms with Crippen molar-refractivity contribution in [2.45, 2.75) is 45.1 Å². The molecule has 2 aliphatic rings. The normalized spacial score (nSPS) is 20.6. The molecule has 1 fully saturated rings. The topological polar surface area (TPSA) is 99.5 Å². The van der Waals surface area contributed by atoms with Crippen LogP contribution in [0.3, 0.4) is 0 Å². The van der Waals surface area contributed by atoms with Crippen molar-refractivity contribution in [3.8, 4) is 11.5 Å². The lowest BCUT2D eigenvalue weighted by atomic mass is 9.92. The van der Waals surface area contributed by atoms with Gasteiger partial charge in [-0.15, -0.1) is 0 Å². The third-order valence-electron chi connectivity index (χ3n) is 5.31. The van der Waals surface area contributed by atoms with Gasteiger partial charge in [-0.3, -0.25) is 4.79 Å². The Morgan fingerprint density at radius 1 is 1.17 bits per heavy atom. The fraction of sp³-hybridized carbons (Fsp3) is 0.524. The number of aromatic nitrogens is 2. The summed E-state index contributed by atoms with van der Waals surface area (Å²) in [5.74, 6) is 1.53. The van der Waals surface area contributed by atoms with Crippen LogP contribution < -0.4 is 14.8 Å². The largest absolute Gasteiger partial charge is 0.490 e. The van der Waals surface area contributed by atoms with Crippen molar-refractivity contribution >= 4 is 21.6 Å². The lowest BCUT2D eigenvalue weighted by Crippen LogP contribution is -2.20. The van der Waals surface area contributed by atoms with Gasteiger partial charge in [0.25, 0.3) is 5.91 Å². The second-order valence-electron chi connectivity index (χ2n) is 8.83. The number of sulfone groups is 1. The van der Waals surface area contributed by atoms with Crippen LogP contribution in [0.2, 0.25) is 0 Å². The van der Waals surface area contributed by atoms with Gasteiger partial charge >= 0.3 is 0 Å². The van der Waals surface area contributed by atoms with E-state index in [-0.39, 0.29) is 28.9 Å². The van der Waals surface area contributed by atoms with Gasteiger partial charge in [-0.1, -0.05) is 20.8 Å². The number of carbonyl (C=O) groups excluding carboxylic acids is 1. The second-order valence-corrected chi connectivity index (χ2v) is 11.1. The molecular weight excluding hydrogens is 406 g/mol. The zero-order valence-corrected chi connectivity index (χ0v) is 18.3. The molecule has 0 bridgehead atoms. The van der Waals surface area contributed by atoms with Crippen LogP contribution in [0.4, 0.5) is 5.82 Å². The molecule has 162 valence electrons. The van der Waals surface area contributed by atoms with Gasteiger partial charge in [0, 0.05) is 23.5 Å². The van der Waals surface area contributed by atoms with Gasteiger partial charge in [-0.05, 0) is 24.6 Å². The molecule has 1 aromatic heterocycles.